The minimum atomic E-state index is -0.417. The van der Waals surface area contributed by atoms with Gasteiger partial charge in [-0.25, -0.2) is 4.79 Å². The number of methoxy groups -OCH3 is 2. The Labute approximate surface area is 72.5 Å². The molecule has 0 aromatic carbocycles. The van der Waals surface area contributed by atoms with E-state index in [0.29, 0.717) is 13.2 Å². The molecule has 0 unspecified atom stereocenters. The van der Waals surface area contributed by atoms with Gasteiger partial charge in [0.15, 0.2) is 0 Å². The summed E-state index contributed by atoms with van der Waals surface area (Å²) in [4.78, 5) is 10.6. The molecule has 0 radical (unpaired) electrons. The lowest BCUT2D eigenvalue weighted by molar-refractivity contribution is 0.172. The third-order valence-electron chi connectivity index (χ3n) is 1.30. The topological polar surface area (TPSA) is 47.6 Å². The molecular weight excluding hydrogens is 158 g/mol. The van der Waals surface area contributed by atoms with Gasteiger partial charge in [0.1, 0.15) is 0 Å². The highest BCUT2D eigenvalue weighted by Crippen LogP contribution is 1.89. The van der Waals surface area contributed by atoms with Gasteiger partial charge in [-0.3, -0.25) is 0 Å². The first-order chi connectivity index (χ1) is 5.70. The molecule has 0 aliphatic carbocycles. The minimum absolute atomic E-state index is 0.417. The molecule has 4 heteroatoms. The first-order valence-corrected chi connectivity index (χ1v) is 3.67. The monoisotopic (exact) mass is 173 g/mol. The van der Waals surface area contributed by atoms with Crippen LogP contribution < -0.4 is 5.32 Å². The number of carbonyl (C=O) groups is 1. The quantitative estimate of drug-likeness (QED) is 0.643. The summed E-state index contributed by atoms with van der Waals surface area (Å²) in [5.41, 5.74) is 1.04. The highest BCUT2D eigenvalue weighted by atomic mass is 16.5. The van der Waals surface area contributed by atoms with Crippen molar-refractivity contribution in [3.63, 3.8) is 0 Å². The van der Waals surface area contributed by atoms with Crippen LogP contribution in [-0.4, -0.2) is 33.5 Å². The van der Waals surface area contributed by atoms with Crippen LogP contribution in [0, 0.1) is 0 Å². The molecule has 1 N–H and O–H groups in total. The zero-order chi connectivity index (χ0) is 9.40. The average Bonchev–Trinajstić information content (AvgIpc) is 2.10. The van der Waals surface area contributed by atoms with E-state index < -0.39 is 6.09 Å². The first kappa shape index (κ1) is 11.0. The Morgan fingerprint density at radius 1 is 1.50 bits per heavy atom. The van der Waals surface area contributed by atoms with Crippen LogP contribution in [0.15, 0.2) is 11.6 Å². The van der Waals surface area contributed by atoms with E-state index in [0.717, 1.165) is 5.57 Å². The number of carbonyl (C=O) groups excluding carboxylic acids is 1. The predicted molar refractivity (Wildman–Crippen MR) is 46.0 cm³/mol. The van der Waals surface area contributed by atoms with Gasteiger partial charge in [0.2, 0.25) is 0 Å². The number of hydrogen-bond donors (Lipinski definition) is 1. The lowest BCUT2D eigenvalue weighted by atomic mass is 10.3. The van der Waals surface area contributed by atoms with Crippen molar-refractivity contribution in [1.82, 2.24) is 5.32 Å². The first-order valence-electron chi connectivity index (χ1n) is 3.67. The van der Waals surface area contributed by atoms with Crippen LogP contribution in [0.25, 0.3) is 0 Å². The van der Waals surface area contributed by atoms with E-state index in [1.807, 2.05) is 13.0 Å². The molecule has 70 valence electrons. The predicted octanol–water partition coefficient (Wildman–Crippen LogP) is 0.935. The van der Waals surface area contributed by atoms with E-state index >= 15 is 0 Å². The molecule has 0 spiro atoms. The van der Waals surface area contributed by atoms with Crippen LogP contribution in [0.1, 0.15) is 6.92 Å². The van der Waals surface area contributed by atoms with Crippen molar-refractivity contribution in [2.75, 3.05) is 27.4 Å². The molecule has 12 heavy (non-hydrogen) atoms. The number of nitrogens with one attached hydrogen (secondary N) is 1. The molecule has 0 aromatic rings. The molecule has 0 fully saturated rings. The number of amides is 1. The van der Waals surface area contributed by atoms with Crippen molar-refractivity contribution in [2.24, 2.45) is 0 Å². The van der Waals surface area contributed by atoms with Crippen LogP contribution in [0.5, 0.6) is 0 Å². The van der Waals surface area contributed by atoms with Crippen molar-refractivity contribution in [2.45, 2.75) is 6.92 Å². The standard InChI is InChI=1S/C8H15NO3/c1-7(4-5-11-2)6-9-8(10)12-3/h4H,5-6H2,1-3H3,(H,9,10). The largest absolute Gasteiger partial charge is 0.453 e. The Balaban J connectivity index is 3.55. The Bertz CT molecular complexity index is 166. The molecular formula is C8H15NO3. The van der Waals surface area contributed by atoms with Gasteiger partial charge in [-0.15, -0.1) is 0 Å². The van der Waals surface area contributed by atoms with Crippen molar-refractivity contribution in [1.29, 1.82) is 0 Å². The van der Waals surface area contributed by atoms with Gasteiger partial charge in [0, 0.05) is 13.7 Å². The maximum Gasteiger partial charge on any atom is 0.407 e. The summed E-state index contributed by atoms with van der Waals surface area (Å²) in [6.07, 6.45) is 1.48. The smallest absolute Gasteiger partial charge is 0.407 e. The Kier molecular flexibility index (Phi) is 6.09. The highest BCUT2D eigenvalue weighted by molar-refractivity contribution is 5.67. The van der Waals surface area contributed by atoms with Gasteiger partial charge in [0.25, 0.3) is 0 Å². The fraction of sp³-hybridized carbons (Fsp3) is 0.625. The van der Waals surface area contributed by atoms with Crippen LogP contribution >= 0.6 is 0 Å². The Morgan fingerprint density at radius 2 is 2.17 bits per heavy atom. The summed E-state index contributed by atoms with van der Waals surface area (Å²) in [5, 5.41) is 2.56. The average molecular weight is 173 g/mol. The Morgan fingerprint density at radius 3 is 2.67 bits per heavy atom. The van der Waals surface area contributed by atoms with Gasteiger partial charge in [0.05, 0.1) is 13.7 Å². The molecule has 0 bridgehead atoms. The lowest BCUT2D eigenvalue weighted by Crippen LogP contribution is -2.24. The summed E-state index contributed by atoms with van der Waals surface area (Å²) >= 11 is 0. The fourth-order valence-corrected chi connectivity index (χ4v) is 0.582. The molecule has 4 nitrogen and oxygen atoms in total. The van der Waals surface area contributed by atoms with E-state index in [2.05, 4.69) is 10.1 Å². The van der Waals surface area contributed by atoms with E-state index in [-0.39, 0.29) is 0 Å². The second-order valence-corrected chi connectivity index (χ2v) is 2.35. The van der Waals surface area contributed by atoms with Crippen LogP contribution in [0.2, 0.25) is 0 Å². The third-order valence-corrected chi connectivity index (χ3v) is 1.30. The van der Waals surface area contributed by atoms with Gasteiger partial charge in [-0.1, -0.05) is 11.6 Å². The molecule has 0 saturated heterocycles. The molecule has 1 amide bonds. The van der Waals surface area contributed by atoms with Crippen LogP contribution in [0.4, 0.5) is 4.79 Å². The molecule has 0 aromatic heterocycles. The van der Waals surface area contributed by atoms with E-state index in [1.54, 1.807) is 7.11 Å². The number of rotatable bonds is 4. The number of alkyl carbamates (subject to hydrolysis) is 1. The van der Waals surface area contributed by atoms with E-state index in [4.69, 9.17) is 4.74 Å². The summed E-state index contributed by atoms with van der Waals surface area (Å²) in [5.74, 6) is 0. The Hall–Kier alpha value is -1.03. The molecule has 0 rings (SSSR count). The van der Waals surface area contributed by atoms with Crippen molar-refractivity contribution >= 4 is 6.09 Å². The van der Waals surface area contributed by atoms with Gasteiger partial charge in [-0.05, 0) is 6.92 Å². The highest BCUT2D eigenvalue weighted by Gasteiger charge is 1.96. The van der Waals surface area contributed by atoms with Crippen LogP contribution in [-0.2, 0) is 9.47 Å². The maximum atomic E-state index is 10.6. The summed E-state index contributed by atoms with van der Waals surface area (Å²) < 4.78 is 9.22. The van der Waals surface area contributed by atoms with Gasteiger partial charge in [-0.2, -0.15) is 0 Å². The normalized spacial score (nSPS) is 11.1. The molecule has 0 aliphatic rings. The molecule has 0 aliphatic heterocycles. The van der Waals surface area contributed by atoms with Gasteiger partial charge < -0.3 is 14.8 Å². The molecule has 0 saturated carbocycles. The molecule has 0 heterocycles. The summed E-state index contributed by atoms with van der Waals surface area (Å²) in [6.45, 7) is 2.97. The zero-order valence-corrected chi connectivity index (χ0v) is 7.72. The lowest BCUT2D eigenvalue weighted by Gasteiger charge is -2.03. The van der Waals surface area contributed by atoms with Crippen molar-refractivity contribution < 1.29 is 14.3 Å². The van der Waals surface area contributed by atoms with E-state index in [9.17, 15) is 4.79 Å². The minimum Gasteiger partial charge on any atom is -0.453 e. The SMILES string of the molecule is COCC=C(C)CNC(=O)OC. The van der Waals surface area contributed by atoms with Crippen LogP contribution in [0.3, 0.4) is 0 Å². The summed E-state index contributed by atoms with van der Waals surface area (Å²) in [7, 11) is 2.96. The zero-order valence-electron chi connectivity index (χ0n) is 7.72. The number of hydrogen-bond acceptors (Lipinski definition) is 3. The fourth-order valence-electron chi connectivity index (χ4n) is 0.582. The van der Waals surface area contributed by atoms with E-state index in [1.165, 1.54) is 7.11 Å². The van der Waals surface area contributed by atoms with Crippen molar-refractivity contribution in [3.05, 3.63) is 11.6 Å². The number of ether oxygens (including phenoxy) is 2. The third kappa shape index (κ3) is 5.73. The summed E-state index contributed by atoms with van der Waals surface area (Å²) in [6, 6.07) is 0. The van der Waals surface area contributed by atoms with Gasteiger partial charge >= 0.3 is 6.09 Å². The molecule has 0 atom stereocenters. The second-order valence-electron chi connectivity index (χ2n) is 2.35. The maximum absolute atomic E-state index is 10.6. The van der Waals surface area contributed by atoms with Crippen molar-refractivity contribution in [3.8, 4) is 0 Å². The second kappa shape index (κ2) is 6.67.